The van der Waals surface area contributed by atoms with E-state index in [4.69, 9.17) is 14.2 Å². The Labute approximate surface area is 139 Å². The van der Waals surface area contributed by atoms with Crippen LogP contribution in [0.5, 0.6) is 17.2 Å². The van der Waals surface area contributed by atoms with E-state index in [0.29, 0.717) is 23.7 Å². The lowest BCUT2D eigenvalue weighted by atomic mass is 9.88. The van der Waals surface area contributed by atoms with Crippen LogP contribution in [0.15, 0.2) is 42.5 Å². The van der Waals surface area contributed by atoms with E-state index in [1.807, 2.05) is 30.5 Å². The normalized spacial score (nSPS) is 19.7. The zero-order valence-electron chi connectivity index (χ0n) is 13.3. The Morgan fingerprint density at radius 2 is 1.70 bits per heavy atom. The monoisotopic (exact) mass is 330 g/mol. The van der Waals surface area contributed by atoms with E-state index in [9.17, 15) is 4.79 Å². The molecule has 5 heteroatoms. The van der Waals surface area contributed by atoms with Crippen molar-refractivity contribution in [3.05, 3.63) is 53.6 Å². The summed E-state index contributed by atoms with van der Waals surface area (Å²) in [5.74, 6) is 2.07. The van der Waals surface area contributed by atoms with Crippen LogP contribution in [0.2, 0.25) is 0 Å². The van der Waals surface area contributed by atoms with Gasteiger partial charge in [0.1, 0.15) is 28.6 Å². The van der Waals surface area contributed by atoms with Crippen molar-refractivity contribution < 1.29 is 19.0 Å². The second-order valence-corrected chi connectivity index (χ2v) is 6.34. The van der Waals surface area contributed by atoms with Crippen LogP contribution in [0.3, 0.4) is 0 Å². The van der Waals surface area contributed by atoms with Crippen LogP contribution in [0.1, 0.15) is 15.9 Å². The van der Waals surface area contributed by atoms with Gasteiger partial charge in [0, 0.05) is 6.07 Å². The highest BCUT2D eigenvalue weighted by atomic mass is 32.2. The number of thioether (sulfide) groups is 1. The molecule has 120 valence electrons. The first-order valence-corrected chi connectivity index (χ1v) is 8.42. The third kappa shape index (κ3) is 2.55. The van der Waals surface area contributed by atoms with Gasteiger partial charge in [-0.15, -0.1) is 11.8 Å². The molecule has 3 rings (SSSR count). The van der Waals surface area contributed by atoms with Crippen molar-refractivity contribution in [2.75, 3.05) is 27.1 Å². The number of hydrogen-bond donors (Lipinski definition) is 0. The topological polar surface area (TPSA) is 44.8 Å². The number of carbonyl (C=O) groups is 1. The Balaban J connectivity index is 2.04. The summed E-state index contributed by atoms with van der Waals surface area (Å²) in [6.07, 6.45) is 1.93. The van der Waals surface area contributed by atoms with Crippen molar-refractivity contribution in [1.29, 1.82) is 0 Å². The zero-order valence-corrected chi connectivity index (χ0v) is 14.1. The van der Waals surface area contributed by atoms with Gasteiger partial charge in [-0.25, -0.2) is 0 Å². The fourth-order valence-corrected chi connectivity index (χ4v) is 3.59. The maximum Gasteiger partial charge on any atom is 0.190 e. The molecular weight excluding hydrogens is 312 g/mol. The van der Waals surface area contributed by atoms with Crippen LogP contribution in [-0.4, -0.2) is 32.9 Å². The van der Waals surface area contributed by atoms with Crippen LogP contribution < -0.4 is 14.2 Å². The van der Waals surface area contributed by atoms with E-state index in [-0.39, 0.29) is 5.78 Å². The van der Waals surface area contributed by atoms with Gasteiger partial charge in [0.2, 0.25) is 0 Å². The molecule has 0 saturated heterocycles. The van der Waals surface area contributed by atoms with Crippen molar-refractivity contribution in [3.63, 3.8) is 0 Å². The van der Waals surface area contributed by atoms with Gasteiger partial charge < -0.3 is 14.2 Å². The lowest BCUT2D eigenvalue weighted by Crippen LogP contribution is -2.42. The number of ketones is 1. The van der Waals surface area contributed by atoms with Gasteiger partial charge in [0.05, 0.1) is 19.8 Å². The third-order valence-corrected chi connectivity index (χ3v) is 5.37. The van der Waals surface area contributed by atoms with Crippen LogP contribution in [0.4, 0.5) is 0 Å². The van der Waals surface area contributed by atoms with Crippen molar-refractivity contribution in [2.45, 2.75) is 4.75 Å². The molecule has 0 radical (unpaired) electrons. The second-order valence-electron chi connectivity index (χ2n) is 5.24. The lowest BCUT2D eigenvalue weighted by molar-refractivity contribution is 0.0867. The molecule has 0 bridgehead atoms. The van der Waals surface area contributed by atoms with Gasteiger partial charge in [0.25, 0.3) is 0 Å². The van der Waals surface area contributed by atoms with Crippen molar-refractivity contribution in [1.82, 2.24) is 0 Å². The number of fused-ring (bicyclic) bond motifs is 1. The smallest absolute Gasteiger partial charge is 0.190 e. The second kappa shape index (κ2) is 6.16. The molecule has 0 spiro atoms. The molecule has 2 aromatic rings. The van der Waals surface area contributed by atoms with Crippen LogP contribution >= 0.6 is 11.8 Å². The summed E-state index contributed by atoms with van der Waals surface area (Å²) in [4.78, 5) is 13.2. The number of benzene rings is 2. The molecule has 1 aliphatic heterocycles. The molecule has 0 fully saturated rings. The molecule has 0 aliphatic carbocycles. The molecule has 0 N–H and O–H groups in total. The van der Waals surface area contributed by atoms with Gasteiger partial charge in [-0.3, -0.25) is 4.79 Å². The number of carbonyl (C=O) groups excluding carboxylic acids is 1. The van der Waals surface area contributed by atoms with E-state index < -0.39 is 4.75 Å². The molecule has 23 heavy (non-hydrogen) atoms. The molecule has 1 heterocycles. The summed E-state index contributed by atoms with van der Waals surface area (Å²) in [5, 5.41) is 0. The number of ether oxygens (including phenoxy) is 3. The van der Waals surface area contributed by atoms with Crippen LogP contribution in [0.25, 0.3) is 0 Å². The average molecular weight is 330 g/mol. The van der Waals surface area contributed by atoms with Gasteiger partial charge in [0.15, 0.2) is 5.78 Å². The molecule has 1 atom stereocenters. The fraction of sp³-hybridized carbons (Fsp3) is 0.278. The summed E-state index contributed by atoms with van der Waals surface area (Å²) >= 11 is 1.49. The van der Waals surface area contributed by atoms with Crippen molar-refractivity contribution >= 4 is 17.5 Å². The first kappa shape index (κ1) is 15.7. The zero-order chi connectivity index (χ0) is 16.4. The van der Waals surface area contributed by atoms with Gasteiger partial charge >= 0.3 is 0 Å². The van der Waals surface area contributed by atoms with Gasteiger partial charge in [-0.1, -0.05) is 12.1 Å². The van der Waals surface area contributed by atoms with E-state index in [1.165, 1.54) is 11.8 Å². The number of rotatable bonds is 4. The Morgan fingerprint density at radius 3 is 2.30 bits per heavy atom. The standard InChI is InChI=1S/C18H18O4S/c1-20-13-6-4-12(5-7-13)18(23-3)11-22-16-10-14(21-2)8-9-15(16)17(18)19/h4-10H,11H2,1-3H3. The minimum Gasteiger partial charge on any atom is -0.497 e. The number of Topliss-reactive ketones (excluding diaryl/α,β-unsaturated/α-hetero) is 1. The van der Waals surface area contributed by atoms with Gasteiger partial charge in [-0.05, 0) is 36.1 Å². The average Bonchev–Trinajstić information content (AvgIpc) is 2.62. The predicted molar refractivity (Wildman–Crippen MR) is 91.0 cm³/mol. The molecule has 0 saturated carbocycles. The summed E-state index contributed by atoms with van der Waals surface area (Å²) in [6.45, 7) is 0.291. The first-order chi connectivity index (χ1) is 11.1. The predicted octanol–water partition coefficient (Wildman–Crippen LogP) is 3.54. The number of hydrogen-bond acceptors (Lipinski definition) is 5. The largest absolute Gasteiger partial charge is 0.497 e. The maximum atomic E-state index is 13.2. The molecule has 0 amide bonds. The molecule has 2 aromatic carbocycles. The van der Waals surface area contributed by atoms with E-state index in [2.05, 4.69) is 0 Å². The van der Waals surface area contributed by atoms with Gasteiger partial charge in [-0.2, -0.15) is 0 Å². The van der Waals surface area contributed by atoms with Crippen LogP contribution in [0, 0.1) is 0 Å². The minimum absolute atomic E-state index is 0.0547. The summed E-state index contributed by atoms with van der Waals surface area (Å²) in [6, 6.07) is 12.9. The highest BCUT2D eigenvalue weighted by Gasteiger charge is 2.45. The molecule has 4 nitrogen and oxygen atoms in total. The summed E-state index contributed by atoms with van der Waals surface area (Å²) in [5.41, 5.74) is 1.50. The van der Waals surface area contributed by atoms with E-state index >= 15 is 0 Å². The Hall–Kier alpha value is -2.14. The Morgan fingerprint density at radius 1 is 1.04 bits per heavy atom. The van der Waals surface area contributed by atoms with Crippen molar-refractivity contribution in [3.8, 4) is 17.2 Å². The SMILES string of the molecule is COc1ccc(C2(SC)COc3cc(OC)ccc3C2=O)cc1. The molecule has 1 unspecified atom stereocenters. The maximum absolute atomic E-state index is 13.2. The molecular formula is C18H18O4S. The highest BCUT2D eigenvalue weighted by molar-refractivity contribution is 8.00. The molecule has 0 aromatic heterocycles. The molecule has 1 aliphatic rings. The first-order valence-electron chi connectivity index (χ1n) is 7.20. The van der Waals surface area contributed by atoms with Crippen molar-refractivity contribution in [2.24, 2.45) is 0 Å². The quantitative estimate of drug-likeness (QED) is 0.858. The Bertz CT molecular complexity index is 726. The highest BCUT2D eigenvalue weighted by Crippen LogP contribution is 2.44. The van der Waals surface area contributed by atoms with E-state index in [0.717, 1.165) is 11.3 Å². The number of methoxy groups -OCH3 is 2. The Kier molecular flexibility index (Phi) is 4.22. The van der Waals surface area contributed by atoms with Crippen LogP contribution in [-0.2, 0) is 4.75 Å². The fourth-order valence-electron chi connectivity index (χ4n) is 2.74. The third-order valence-electron chi connectivity index (χ3n) is 4.14. The minimum atomic E-state index is -0.742. The lowest BCUT2D eigenvalue weighted by Gasteiger charge is -2.35. The van der Waals surface area contributed by atoms with E-state index in [1.54, 1.807) is 32.4 Å². The summed E-state index contributed by atoms with van der Waals surface area (Å²) < 4.78 is 15.5. The summed E-state index contributed by atoms with van der Waals surface area (Å²) in [7, 11) is 3.22.